The second-order valence-corrected chi connectivity index (χ2v) is 7.83. The number of aromatic nitrogens is 5. The van der Waals surface area contributed by atoms with Gasteiger partial charge in [-0.3, -0.25) is 18.8 Å². The Labute approximate surface area is 163 Å². The SMILES string of the molecule is CN1CCN(CCNc2nnc3c(n2)c(=O)n(C)c(=O)n3C2CCCC2)CC1. The van der Waals surface area contributed by atoms with Crippen LogP contribution in [0, 0.1) is 0 Å². The van der Waals surface area contributed by atoms with Crippen LogP contribution in [0.15, 0.2) is 9.59 Å². The zero-order valence-corrected chi connectivity index (χ0v) is 16.6. The second kappa shape index (κ2) is 7.96. The van der Waals surface area contributed by atoms with Crippen molar-refractivity contribution in [2.45, 2.75) is 31.7 Å². The van der Waals surface area contributed by atoms with Crippen molar-refractivity contribution in [2.75, 3.05) is 51.6 Å². The Morgan fingerprint density at radius 3 is 2.46 bits per heavy atom. The third kappa shape index (κ3) is 3.66. The monoisotopic (exact) mass is 388 g/mol. The standard InChI is InChI=1S/C18H28N8O2/c1-23-9-11-25(12-10-23)8-7-19-17-20-14-15(21-22-17)26(13-5-3-4-6-13)18(28)24(2)16(14)27/h13H,3-12H2,1-2H3,(H,19,20,22). The van der Waals surface area contributed by atoms with Crippen molar-refractivity contribution < 1.29 is 0 Å². The molecule has 2 aromatic heterocycles. The molecule has 152 valence electrons. The van der Waals surface area contributed by atoms with Gasteiger partial charge in [0.15, 0.2) is 11.2 Å². The van der Waals surface area contributed by atoms with Crippen molar-refractivity contribution in [2.24, 2.45) is 7.05 Å². The van der Waals surface area contributed by atoms with Crippen LogP contribution in [0.5, 0.6) is 0 Å². The van der Waals surface area contributed by atoms with Crippen LogP contribution in [0.25, 0.3) is 11.2 Å². The summed E-state index contributed by atoms with van der Waals surface area (Å²) in [6.07, 6.45) is 3.99. The molecule has 1 saturated heterocycles. The highest BCUT2D eigenvalue weighted by atomic mass is 16.2. The molecule has 1 N–H and O–H groups in total. The number of nitrogens with one attached hydrogen (secondary N) is 1. The predicted molar refractivity (Wildman–Crippen MR) is 107 cm³/mol. The van der Waals surface area contributed by atoms with Gasteiger partial charge in [-0.25, -0.2) is 9.78 Å². The number of hydrogen-bond acceptors (Lipinski definition) is 8. The average Bonchev–Trinajstić information content (AvgIpc) is 3.23. The minimum atomic E-state index is -0.425. The number of nitrogens with zero attached hydrogens (tertiary/aromatic N) is 7. The smallest absolute Gasteiger partial charge is 0.332 e. The molecule has 3 heterocycles. The van der Waals surface area contributed by atoms with E-state index in [1.54, 1.807) is 4.57 Å². The lowest BCUT2D eigenvalue weighted by molar-refractivity contribution is 0.158. The molecule has 1 saturated carbocycles. The van der Waals surface area contributed by atoms with E-state index < -0.39 is 5.56 Å². The third-order valence-electron chi connectivity index (χ3n) is 5.89. The quantitative estimate of drug-likeness (QED) is 0.742. The van der Waals surface area contributed by atoms with Gasteiger partial charge in [-0.05, 0) is 19.9 Å². The number of rotatable bonds is 5. The van der Waals surface area contributed by atoms with E-state index in [9.17, 15) is 9.59 Å². The summed E-state index contributed by atoms with van der Waals surface area (Å²) in [6.45, 7) is 5.80. The van der Waals surface area contributed by atoms with Gasteiger partial charge in [-0.2, -0.15) is 0 Å². The van der Waals surface area contributed by atoms with Gasteiger partial charge >= 0.3 is 5.69 Å². The first-order valence-electron chi connectivity index (χ1n) is 10.1. The molecule has 4 rings (SSSR count). The van der Waals surface area contributed by atoms with Gasteiger partial charge in [-0.15, -0.1) is 10.2 Å². The maximum Gasteiger partial charge on any atom is 0.332 e. The number of hydrogen-bond donors (Lipinski definition) is 1. The van der Waals surface area contributed by atoms with Gasteiger partial charge < -0.3 is 10.2 Å². The van der Waals surface area contributed by atoms with E-state index in [4.69, 9.17) is 0 Å². The van der Waals surface area contributed by atoms with E-state index in [0.717, 1.165) is 63.0 Å². The topological polar surface area (TPSA) is 101 Å². The summed E-state index contributed by atoms with van der Waals surface area (Å²) in [5.74, 6) is 0.329. The van der Waals surface area contributed by atoms with Crippen molar-refractivity contribution >= 4 is 17.1 Å². The van der Waals surface area contributed by atoms with Crippen LogP contribution in [-0.2, 0) is 7.05 Å². The van der Waals surface area contributed by atoms with Crippen LogP contribution in [0.1, 0.15) is 31.7 Å². The van der Waals surface area contributed by atoms with Gasteiger partial charge in [0.1, 0.15) is 0 Å². The first-order chi connectivity index (χ1) is 13.5. The van der Waals surface area contributed by atoms with Crippen LogP contribution in [0.3, 0.4) is 0 Å². The summed E-state index contributed by atoms with van der Waals surface area (Å²) in [6, 6.07) is 0.0638. The van der Waals surface area contributed by atoms with Crippen LogP contribution in [0.2, 0.25) is 0 Å². The highest BCUT2D eigenvalue weighted by Crippen LogP contribution is 2.29. The Hall–Kier alpha value is -2.33. The van der Waals surface area contributed by atoms with Gasteiger partial charge in [0.25, 0.3) is 5.56 Å². The Kier molecular flexibility index (Phi) is 5.40. The van der Waals surface area contributed by atoms with Crippen molar-refractivity contribution in [1.29, 1.82) is 0 Å². The Balaban J connectivity index is 1.55. The highest BCUT2D eigenvalue weighted by Gasteiger charge is 2.24. The molecule has 0 radical (unpaired) electrons. The van der Waals surface area contributed by atoms with Crippen molar-refractivity contribution in [3.63, 3.8) is 0 Å². The average molecular weight is 388 g/mol. The first-order valence-corrected chi connectivity index (χ1v) is 10.1. The number of piperazine rings is 1. The first kappa shape index (κ1) is 19.0. The number of likely N-dealkylation sites (N-methyl/N-ethyl adjacent to an activating group) is 1. The largest absolute Gasteiger partial charge is 0.352 e. The minimum Gasteiger partial charge on any atom is -0.352 e. The summed E-state index contributed by atoms with van der Waals surface area (Å²) in [5.41, 5.74) is -0.266. The molecule has 2 aliphatic rings. The molecule has 0 bridgehead atoms. The summed E-state index contributed by atoms with van der Waals surface area (Å²) in [5, 5.41) is 11.5. The zero-order chi connectivity index (χ0) is 19.7. The molecule has 0 spiro atoms. The normalized spacial score (nSPS) is 19.5. The van der Waals surface area contributed by atoms with Crippen LogP contribution >= 0.6 is 0 Å². The van der Waals surface area contributed by atoms with Gasteiger partial charge in [0.2, 0.25) is 5.95 Å². The van der Waals surface area contributed by atoms with Gasteiger partial charge in [0, 0.05) is 52.4 Å². The molecule has 1 aliphatic heterocycles. The summed E-state index contributed by atoms with van der Waals surface area (Å²) in [7, 11) is 3.63. The summed E-state index contributed by atoms with van der Waals surface area (Å²) < 4.78 is 2.74. The fourth-order valence-electron chi connectivity index (χ4n) is 4.09. The highest BCUT2D eigenvalue weighted by molar-refractivity contribution is 5.69. The minimum absolute atomic E-state index is 0.0638. The van der Waals surface area contributed by atoms with Crippen molar-refractivity contribution in [1.82, 2.24) is 34.1 Å². The summed E-state index contributed by atoms with van der Waals surface area (Å²) in [4.78, 5) is 34.4. The zero-order valence-electron chi connectivity index (χ0n) is 16.6. The van der Waals surface area contributed by atoms with E-state index in [-0.39, 0.29) is 17.2 Å². The number of fused-ring (bicyclic) bond motifs is 1. The van der Waals surface area contributed by atoms with E-state index in [0.29, 0.717) is 18.1 Å². The lowest BCUT2D eigenvalue weighted by Crippen LogP contribution is -2.45. The molecule has 0 amide bonds. The molecule has 2 fully saturated rings. The molecule has 28 heavy (non-hydrogen) atoms. The molecule has 1 aliphatic carbocycles. The Morgan fingerprint density at radius 2 is 1.75 bits per heavy atom. The van der Waals surface area contributed by atoms with Crippen LogP contribution in [0.4, 0.5) is 5.95 Å². The van der Waals surface area contributed by atoms with Crippen LogP contribution < -0.4 is 16.6 Å². The third-order valence-corrected chi connectivity index (χ3v) is 5.89. The lowest BCUT2D eigenvalue weighted by Gasteiger charge is -2.32. The maximum atomic E-state index is 12.7. The molecule has 0 atom stereocenters. The lowest BCUT2D eigenvalue weighted by atomic mass is 10.2. The molecular weight excluding hydrogens is 360 g/mol. The molecule has 10 nitrogen and oxygen atoms in total. The van der Waals surface area contributed by atoms with Crippen molar-refractivity contribution in [3.05, 3.63) is 20.8 Å². The molecule has 0 unspecified atom stereocenters. The fraction of sp³-hybridized carbons (Fsp3) is 0.722. The van der Waals surface area contributed by atoms with E-state index in [2.05, 4.69) is 37.3 Å². The van der Waals surface area contributed by atoms with Gasteiger partial charge in [0.05, 0.1) is 0 Å². The Morgan fingerprint density at radius 1 is 1.04 bits per heavy atom. The molecule has 2 aromatic rings. The van der Waals surface area contributed by atoms with Crippen molar-refractivity contribution in [3.8, 4) is 0 Å². The van der Waals surface area contributed by atoms with Crippen LogP contribution in [-0.4, -0.2) is 80.4 Å². The summed E-state index contributed by atoms with van der Waals surface area (Å²) >= 11 is 0. The predicted octanol–water partition coefficient (Wildman–Crippen LogP) is -0.340. The van der Waals surface area contributed by atoms with E-state index in [1.165, 1.54) is 7.05 Å². The maximum absolute atomic E-state index is 12.7. The Bertz CT molecular complexity index is 954. The van der Waals surface area contributed by atoms with E-state index >= 15 is 0 Å². The molecular formula is C18H28N8O2. The fourth-order valence-corrected chi connectivity index (χ4v) is 4.09. The van der Waals surface area contributed by atoms with E-state index in [1.807, 2.05) is 0 Å². The molecule has 10 heteroatoms. The molecule has 0 aromatic carbocycles. The van der Waals surface area contributed by atoms with Gasteiger partial charge in [-0.1, -0.05) is 12.8 Å². The number of anilines is 1. The second-order valence-electron chi connectivity index (χ2n) is 7.83.